The van der Waals surface area contributed by atoms with Gasteiger partial charge in [0, 0.05) is 10.7 Å². The monoisotopic (exact) mass is 350 g/mol. The number of pyridine rings is 1. The number of nitrogens with one attached hydrogen (secondary N) is 1. The molecule has 1 N–H and O–H groups in total. The summed E-state index contributed by atoms with van der Waals surface area (Å²) < 4.78 is 11.8. The normalized spacial score (nSPS) is 12.0. The minimum absolute atomic E-state index is 0.0735. The van der Waals surface area contributed by atoms with Crippen LogP contribution in [0.4, 0.5) is 0 Å². The van der Waals surface area contributed by atoms with Gasteiger partial charge in [-0.3, -0.25) is 4.98 Å². The Morgan fingerprint density at radius 3 is 2.71 bits per heavy atom. The third kappa shape index (κ3) is 3.54. The fourth-order valence-corrected chi connectivity index (χ4v) is 2.70. The van der Waals surface area contributed by atoms with Crippen LogP contribution in [0, 0.1) is 0 Å². The highest BCUT2D eigenvalue weighted by Gasteiger charge is 2.21. The summed E-state index contributed by atoms with van der Waals surface area (Å²) in [5.74, 6) is 1.57. The highest BCUT2D eigenvalue weighted by atomic mass is 79.9. The smallest absolute Gasteiger partial charge is 0.142 e. The molecule has 4 nitrogen and oxygen atoms in total. The Bertz CT molecular complexity index is 605. The van der Waals surface area contributed by atoms with Gasteiger partial charge in [0.25, 0.3) is 0 Å². The number of benzene rings is 1. The van der Waals surface area contributed by atoms with Gasteiger partial charge in [0.1, 0.15) is 17.2 Å². The third-order valence-corrected chi connectivity index (χ3v) is 3.94. The second-order valence-corrected chi connectivity index (χ2v) is 5.32. The van der Waals surface area contributed by atoms with E-state index in [4.69, 9.17) is 9.47 Å². The molecule has 0 bridgehead atoms. The largest absolute Gasteiger partial charge is 0.497 e. The van der Waals surface area contributed by atoms with Crippen LogP contribution in [0.15, 0.2) is 41.0 Å². The van der Waals surface area contributed by atoms with Crippen molar-refractivity contribution >= 4 is 15.9 Å². The van der Waals surface area contributed by atoms with Crippen molar-refractivity contribution in [3.63, 3.8) is 0 Å². The lowest BCUT2D eigenvalue weighted by Crippen LogP contribution is -2.24. The number of ether oxygens (including phenoxy) is 2. The number of aromatic nitrogens is 1. The summed E-state index contributed by atoms with van der Waals surface area (Å²) in [5, 5.41) is 3.45. The second-order valence-electron chi connectivity index (χ2n) is 4.47. The van der Waals surface area contributed by atoms with Gasteiger partial charge in [0.2, 0.25) is 0 Å². The molecule has 2 aromatic rings. The number of rotatable bonds is 6. The molecule has 1 heterocycles. The second kappa shape index (κ2) is 7.43. The molecule has 112 valence electrons. The molecule has 2 rings (SSSR count). The zero-order valence-electron chi connectivity index (χ0n) is 12.4. The summed E-state index contributed by atoms with van der Waals surface area (Å²) in [4.78, 5) is 4.49. The van der Waals surface area contributed by atoms with Crippen molar-refractivity contribution in [1.29, 1.82) is 0 Å². The zero-order chi connectivity index (χ0) is 15.2. The van der Waals surface area contributed by atoms with E-state index in [9.17, 15) is 0 Å². The van der Waals surface area contributed by atoms with Crippen molar-refractivity contribution in [2.45, 2.75) is 13.0 Å². The molecule has 0 radical (unpaired) electrons. The van der Waals surface area contributed by atoms with Gasteiger partial charge >= 0.3 is 0 Å². The molecule has 0 fully saturated rings. The molecular weight excluding hydrogens is 332 g/mol. The van der Waals surface area contributed by atoms with Gasteiger partial charge < -0.3 is 14.8 Å². The molecule has 21 heavy (non-hydrogen) atoms. The van der Waals surface area contributed by atoms with E-state index in [0.717, 1.165) is 33.8 Å². The van der Waals surface area contributed by atoms with Crippen LogP contribution in [0.1, 0.15) is 24.2 Å². The van der Waals surface area contributed by atoms with Gasteiger partial charge in [0.15, 0.2) is 0 Å². The summed E-state index contributed by atoms with van der Waals surface area (Å²) in [7, 11) is 3.32. The fourth-order valence-electron chi connectivity index (χ4n) is 2.22. The number of hydrogen-bond donors (Lipinski definition) is 1. The SMILES string of the molecule is CCNC(c1cc(OC)ccc1Br)c1ncccc1OC. The molecule has 1 unspecified atom stereocenters. The van der Waals surface area contributed by atoms with Crippen LogP contribution < -0.4 is 14.8 Å². The summed E-state index contributed by atoms with van der Waals surface area (Å²) in [6.07, 6.45) is 1.77. The third-order valence-electron chi connectivity index (χ3n) is 3.22. The Labute approximate surface area is 133 Å². The first kappa shape index (κ1) is 15.8. The molecule has 0 aliphatic carbocycles. The standard InChI is InChI=1S/C16H19BrN2O2/c1-4-18-15(16-14(21-3)6-5-9-19-16)12-10-11(20-2)7-8-13(12)17/h5-10,15,18H,4H2,1-3H3. The maximum absolute atomic E-state index is 5.44. The van der Waals surface area contributed by atoms with Crippen molar-refractivity contribution in [3.8, 4) is 11.5 Å². The lowest BCUT2D eigenvalue weighted by molar-refractivity contribution is 0.399. The topological polar surface area (TPSA) is 43.4 Å². The average Bonchev–Trinajstić information content (AvgIpc) is 2.53. The lowest BCUT2D eigenvalue weighted by Gasteiger charge is -2.21. The Morgan fingerprint density at radius 2 is 2.05 bits per heavy atom. The van der Waals surface area contributed by atoms with Crippen molar-refractivity contribution in [3.05, 3.63) is 52.3 Å². The van der Waals surface area contributed by atoms with Crippen molar-refractivity contribution in [2.75, 3.05) is 20.8 Å². The zero-order valence-corrected chi connectivity index (χ0v) is 14.0. The van der Waals surface area contributed by atoms with Gasteiger partial charge in [-0.1, -0.05) is 22.9 Å². The van der Waals surface area contributed by atoms with Crippen molar-refractivity contribution in [1.82, 2.24) is 10.3 Å². The van der Waals surface area contributed by atoms with Crippen LogP contribution in [0.5, 0.6) is 11.5 Å². The van der Waals surface area contributed by atoms with E-state index in [2.05, 4.69) is 33.2 Å². The molecule has 0 saturated heterocycles. The number of methoxy groups -OCH3 is 2. The Balaban J connectivity index is 2.53. The van der Waals surface area contributed by atoms with Crippen LogP contribution in [0.2, 0.25) is 0 Å². The molecule has 0 aliphatic heterocycles. The first-order valence-corrected chi connectivity index (χ1v) is 7.56. The van der Waals surface area contributed by atoms with Gasteiger partial charge in [-0.05, 0) is 42.4 Å². The van der Waals surface area contributed by atoms with Gasteiger partial charge in [0.05, 0.1) is 20.3 Å². The van der Waals surface area contributed by atoms with Gasteiger partial charge in [-0.15, -0.1) is 0 Å². The fraction of sp³-hybridized carbons (Fsp3) is 0.312. The summed E-state index contributed by atoms with van der Waals surface area (Å²) >= 11 is 3.61. The molecule has 0 spiro atoms. The van der Waals surface area contributed by atoms with E-state index in [0.29, 0.717) is 0 Å². The van der Waals surface area contributed by atoms with E-state index < -0.39 is 0 Å². The highest BCUT2D eigenvalue weighted by molar-refractivity contribution is 9.10. The maximum Gasteiger partial charge on any atom is 0.142 e. The Hall–Kier alpha value is -1.59. The molecule has 0 saturated carbocycles. The first-order chi connectivity index (χ1) is 10.2. The van der Waals surface area contributed by atoms with Gasteiger partial charge in [-0.25, -0.2) is 0 Å². The number of nitrogens with zero attached hydrogens (tertiary/aromatic N) is 1. The lowest BCUT2D eigenvalue weighted by atomic mass is 10.0. The van der Waals surface area contributed by atoms with Crippen LogP contribution in [0.25, 0.3) is 0 Å². The minimum atomic E-state index is -0.0735. The van der Waals surface area contributed by atoms with Crippen LogP contribution in [0.3, 0.4) is 0 Å². The summed E-state index contributed by atoms with van der Waals surface area (Å²) in [5.41, 5.74) is 1.92. The molecule has 1 atom stereocenters. The van der Waals surface area contributed by atoms with E-state index in [1.54, 1.807) is 20.4 Å². The summed E-state index contributed by atoms with van der Waals surface area (Å²) in [6.45, 7) is 2.88. The summed E-state index contributed by atoms with van der Waals surface area (Å²) in [6, 6.07) is 9.62. The van der Waals surface area contributed by atoms with E-state index in [1.807, 2.05) is 30.3 Å². The van der Waals surface area contributed by atoms with E-state index in [-0.39, 0.29) is 6.04 Å². The van der Waals surface area contributed by atoms with Crippen molar-refractivity contribution < 1.29 is 9.47 Å². The van der Waals surface area contributed by atoms with Crippen LogP contribution in [-0.4, -0.2) is 25.7 Å². The van der Waals surface area contributed by atoms with Gasteiger partial charge in [-0.2, -0.15) is 0 Å². The predicted octanol–water partition coefficient (Wildman–Crippen LogP) is 3.56. The van der Waals surface area contributed by atoms with E-state index >= 15 is 0 Å². The highest BCUT2D eigenvalue weighted by Crippen LogP contribution is 2.34. The van der Waals surface area contributed by atoms with Crippen molar-refractivity contribution in [2.24, 2.45) is 0 Å². The molecule has 1 aromatic heterocycles. The molecule has 5 heteroatoms. The molecular formula is C16H19BrN2O2. The molecule has 0 aliphatic rings. The average molecular weight is 351 g/mol. The molecule has 1 aromatic carbocycles. The Kier molecular flexibility index (Phi) is 5.59. The predicted molar refractivity (Wildman–Crippen MR) is 87.0 cm³/mol. The minimum Gasteiger partial charge on any atom is -0.497 e. The quantitative estimate of drug-likeness (QED) is 0.864. The Morgan fingerprint density at radius 1 is 1.24 bits per heavy atom. The molecule has 0 amide bonds. The first-order valence-electron chi connectivity index (χ1n) is 6.77. The van der Waals surface area contributed by atoms with E-state index in [1.165, 1.54) is 0 Å². The number of halogens is 1. The maximum atomic E-state index is 5.44. The van der Waals surface area contributed by atoms with Crippen LogP contribution in [-0.2, 0) is 0 Å². The number of hydrogen-bond acceptors (Lipinski definition) is 4. The van der Waals surface area contributed by atoms with Crippen LogP contribution >= 0.6 is 15.9 Å².